The Morgan fingerprint density at radius 1 is 1.17 bits per heavy atom. The number of hydrogen-bond acceptors (Lipinski definition) is 5. The summed E-state index contributed by atoms with van der Waals surface area (Å²) < 4.78 is 0. The SMILES string of the molecule is O=[N+]([O-])c1ccc(N=NCc2ccccn2)cc1. The molecule has 0 saturated carbocycles. The summed E-state index contributed by atoms with van der Waals surface area (Å²) in [6, 6.07) is 11.5. The van der Waals surface area contributed by atoms with Gasteiger partial charge >= 0.3 is 0 Å². The van der Waals surface area contributed by atoms with E-state index < -0.39 is 4.92 Å². The van der Waals surface area contributed by atoms with E-state index in [1.165, 1.54) is 12.1 Å². The van der Waals surface area contributed by atoms with Gasteiger partial charge in [-0.15, -0.1) is 0 Å². The molecule has 2 aromatic rings. The fraction of sp³-hybridized carbons (Fsp3) is 0.0833. The first-order valence-corrected chi connectivity index (χ1v) is 5.27. The van der Waals surface area contributed by atoms with Crippen LogP contribution in [0.2, 0.25) is 0 Å². The molecular formula is C12H10N4O2. The Kier molecular flexibility index (Phi) is 3.70. The molecule has 0 fully saturated rings. The highest BCUT2D eigenvalue weighted by Gasteiger charge is 2.02. The zero-order chi connectivity index (χ0) is 12.8. The predicted molar refractivity (Wildman–Crippen MR) is 65.6 cm³/mol. The Balaban J connectivity index is 1.99. The van der Waals surface area contributed by atoms with Crippen molar-refractivity contribution in [3.05, 3.63) is 64.5 Å². The van der Waals surface area contributed by atoms with Crippen LogP contribution in [-0.4, -0.2) is 9.91 Å². The number of pyridine rings is 1. The van der Waals surface area contributed by atoms with Gasteiger partial charge in [0.05, 0.1) is 16.3 Å². The molecule has 6 heteroatoms. The second kappa shape index (κ2) is 5.62. The number of hydrogen-bond donors (Lipinski definition) is 0. The minimum atomic E-state index is -0.450. The van der Waals surface area contributed by atoms with Crippen LogP contribution < -0.4 is 0 Å². The lowest BCUT2D eigenvalue weighted by Crippen LogP contribution is -1.85. The lowest BCUT2D eigenvalue weighted by molar-refractivity contribution is -0.384. The quantitative estimate of drug-likeness (QED) is 0.468. The van der Waals surface area contributed by atoms with Crippen LogP contribution in [-0.2, 0) is 6.54 Å². The normalized spacial score (nSPS) is 10.7. The van der Waals surface area contributed by atoms with Crippen LogP contribution in [0.4, 0.5) is 11.4 Å². The summed E-state index contributed by atoms with van der Waals surface area (Å²) in [5.41, 5.74) is 1.44. The van der Waals surface area contributed by atoms with Gasteiger partial charge in [-0.2, -0.15) is 10.2 Å². The molecule has 90 valence electrons. The molecule has 0 saturated heterocycles. The second-order valence-corrected chi connectivity index (χ2v) is 3.49. The van der Waals surface area contributed by atoms with Crippen molar-refractivity contribution in [2.75, 3.05) is 0 Å². The molecular weight excluding hydrogens is 232 g/mol. The van der Waals surface area contributed by atoms with Gasteiger partial charge in [-0.25, -0.2) is 0 Å². The minimum absolute atomic E-state index is 0.0404. The number of nitrogens with zero attached hydrogens (tertiary/aromatic N) is 4. The van der Waals surface area contributed by atoms with Crippen LogP contribution in [0, 0.1) is 10.1 Å². The molecule has 0 spiro atoms. The van der Waals surface area contributed by atoms with E-state index in [0.717, 1.165) is 5.69 Å². The number of nitro benzene ring substituents is 1. The minimum Gasteiger partial charge on any atom is -0.259 e. The van der Waals surface area contributed by atoms with E-state index in [1.54, 1.807) is 18.3 Å². The molecule has 0 amide bonds. The molecule has 0 N–H and O–H groups in total. The van der Waals surface area contributed by atoms with E-state index in [2.05, 4.69) is 15.2 Å². The molecule has 6 nitrogen and oxygen atoms in total. The number of non-ortho nitro benzene ring substituents is 1. The van der Waals surface area contributed by atoms with Gasteiger partial charge in [-0.05, 0) is 24.3 Å². The Morgan fingerprint density at radius 3 is 2.56 bits per heavy atom. The van der Waals surface area contributed by atoms with Crippen molar-refractivity contribution in [1.82, 2.24) is 4.98 Å². The van der Waals surface area contributed by atoms with E-state index in [0.29, 0.717) is 12.2 Å². The lowest BCUT2D eigenvalue weighted by Gasteiger charge is -1.94. The van der Waals surface area contributed by atoms with E-state index in [9.17, 15) is 10.1 Å². The van der Waals surface area contributed by atoms with Gasteiger partial charge in [0.1, 0.15) is 6.54 Å². The predicted octanol–water partition coefficient (Wildman–Crippen LogP) is 3.27. The standard InChI is InChI=1S/C12H10N4O2/c17-16(18)12-6-4-10(5-7-12)15-14-9-11-3-1-2-8-13-11/h1-8H,9H2. The van der Waals surface area contributed by atoms with Gasteiger partial charge < -0.3 is 0 Å². The molecule has 1 heterocycles. The van der Waals surface area contributed by atoms with Gasteiger partial charge in [-0.3, -0.25) is 15.1 Å². The number of rotatable bonds is 4. The number of nitro groups is 1. The summed E-state index contributed by atoms with van der Waals surface area (Å²) in [4.78, 5) is 14.1. The van der Waals surface area contributed by atoms with Crippen LogP contribution in [0.1, 0.15) is 5.69 Å². The summed E-state index contributed by atoms with van der Waals surface area (Å²) in [6.45, 7) is 0.387. The number of benzene rings is 1. The van der Waals surface area contributed by atoms with E-state index >= 15 is 0 Å². The summed E-state index contributed by atoms with van der Waals surface area (Å²) in [5, 5.41) is 18.4. The molecule has 0 bridgehead atoms. The van der Waals surface area contributed by atoms with Crippen LogP contribution in [0.25, 0.3) is 0 Å². The van der Waals surface area contributed by atoms with Crippen molar-refractivity contribution in [3.8, 4) is 0 Å². The fourth-order valence-corrected chi connectivity index (χ4v) is 1.32. The van der Waals surface area contributed by atoms with E-state index in [1.807, 2.05) is 18.2 Å². The molecule has 0 aliphatic heterocycles. The first-order valence-electron chi connectivity index (χ1n) is 5.27. The van der Waals surface area contributed by atoms with E-state index in [-0.39, 0.29) is 5.69 Å². The highest BCUT2D eigenvalue weighted by atomic mass is 16.6. The Labute approximate surface area is 103 Å². The van der Waals surface area contributed by atoms with Crippen molar-refractivity contribution >= 4 is 11.4 Å². The molecule has 0 radical (unpaired) electrons. The van der Waals surface area contributed by atoms with Crippen LogP contribution in [0.3, 0.4) is 0 Å². The maximum atomic E-state index is 10.5. The van der Waals surface area contributed by atoms with Gasteiger partial charge in [0.25, 0.3) is 5.69 Å². The van der Waals surface area contributed by atoms with Crippen molar-refractivity contribution in [3.63, 3.8) is 0 Å². The largest absolute Gasteiger partial charge is 0.269 e. The van der Waals surface area contributed by atoms with Gasteiger partial charge in [0, 0.05) is 18.3 Å². The summed E-state index contributed by atoms with van der Waals surface area (Å²) in [5.74, 6) is 0. The third kappa shape index (κ3) is 3.18. The molecule has 0 atom stereocenters. The van der Waals surface area contributed by atoms with Crippen molar-refractivity contribution in [2.45, 2.75) is 6.54 Å². The van der Waals surface area contributed by atoms with Gasteiger partial charge in [0.2, 0.25) is 0 Å². The lowest BCUT2D eigenvalue weighted by atomic mass is 10.3. The molecule has 0 aliphatic carbocycles. The summed E-state index contributed by atoms with van der Waals surface area (Å²) >= 11 is 0. The van der Waals surface area contributed by atoms with Crippen LogP contribution in [0.5, 0.6) is 0 Å². The van der Waals surface area contributed by atoms with Crippen molar-refractivity contribution in [1.29, 1.82) is 0 Å². The van der Waals surface area contributed by atoms with Crippen LogP contribution >= 0.6 is 0 Å². The molecule has 0 aliphatic rings. The van der Waals surface area contributed by atoms with Crippen molar-refractivity contribution < 1.29 is 4.92 Å². The zero-order valence-electron chi connectivity index (χ0n) is 9.43. The smallest absolute Gasteiger partial charge is 0.259 e. The third-order valence-corrected chi connectivity index (χ3v) is 2.21. The first kappa shape index (κ1) is 11.8. The Morgan fingerprint density at radius 2 is 1.94 bits per heavy atom. The highest BCUT2D eigenvalue weighted by Crippen LogP contribution is 2.18. The summed E-state index contributed by atoms with van der Waals surface area (Å²) in [6.07, 6.45) is 1.69. The molecule has 1 aromatic heterocycles. The van der Waals surface area contributed by atoms with Crippen molar-refractivity contribution in [2.24, 2.45) is 10.2 Å². The number of azo groups is 1. The highest BCUT2D eigenvalue weighted by molar-refractivity contribution is 5.43. The third-order valence-electron chi connectivity index (χ3n) is 2.21. The second-order valence-electron chi connectivity index (χ2n) is 3.49. The zero-order valence-corrected chi connectivity index (χ0v) is 9.43. The van der Waals surface area contributed by atoms with E-state index in [4.69, 9.17) is 0 Å². The molecule has 2 rings (SSSR count). The fourth-order valence-electron chi connectivity index (χ4n) is 1.32. The van der Waals surface area contributed by atoms with Crippen LogP contribution in [0.15, 0.2) is 58.9 Å². The van der Waals surface area contributed by atoms with Gasteiger partial charge in [0.15, 0.2) is 0 Å². The first-order chi connectivity index (χ1) is 8.75. The molecule has 1 aromatic carbocycles. The molecule has 0 unspecified atom stereocenters. The average Bonchev–Trinajstić information content (AvgIpc) is 2.40. The topological polar surface area (TPSA) is 80.8 Å². The maximum Gasteiger partial charge on any atom is 0.269 e. The number of aromatic nitrogens is 1. The Hall–Kier alpha value is -2.63. The monoisotopic (exact) mass is 242 g/mol. The molecule has 18 heavy (non-hydrogen) atoms. The van der Waals surface area contributed by atoms with Gasteiger partial charge in [-0.1, -0.05) is 6.07 Å². The summed E-state index contributed by atoms with van der Waals surface area (Å²) in [7, 11) is 0. The Bertz CT molecular complexity index is 552. The average molecular weight is 242 g/mol. The maximum absolute atomic E-state index is 10.5.